The molecule has 27 heavy (non-hydrogen) atoms. The Hall–Kier alpha value is -2.61. The van der Waals surface area contributed by atoms with Crippen LogP contribution in [-0.2, 0) is 11.3 Å². The molecule has 3 aromatic heterocycles. The van der Waals surface area contributed by atoms with Gasteiger partial charge < -0.3 is 4.74 Å². The fourth-order valence-corrected chi connectivity index (χ4v) is 4.14. The lowest BCUT2D eigenvalue weighted by Crippen LogP contribution is -2.38. The Bertz CT molecular complexity index is 1030. The maximum atomic E-state index is 6.02. The first-order chi connectivity index (χ1) is 13.4. The second kappa shape index (κ2) is 7.19. The number of ether oxygens (including phenoxy) is 1. The number of nitrogens with zero attached hydrogens (tertiary/aromatic N) is 5. The molecule has 1 aliphatic heterocycles. The highest BCUT2D eigenvalue weighted by atomic mass is 32.1. The normalized spacial score (nSPS) is 18.1. The molecule has 0 saturated carbocycles. The molecule has 0 spiro atoms. The highest BCUT2D eigenvalue weighted by Crippen LogP contribution is 2.27. The van der Waals surface area contributed by atoms with E-state index in [1.165, 1.54) is 5.56 Å². The van der Waals surface area contributed by atoms with E-state index in [2.05, 4.69) is 44.5 Å². The first-order valence-electron chi connectivity index (χ1n) is 8.99. The molecular formula is C20H19N5OS. The monoisotopic (exact) mass is 377 g/mol. The first-order valence-corrected chi connectivity index (χ1v) is 9.87. The van der Waals surface area contributed by atoms with E-state index in [4.69, 9.17) is 4.74 Å². The summed E-state index contributed by atoms with van der Waals surface area (Å²) in [7, 11) is 0. The van der Waals surface area contributed by atoms with Gasteiger partial charge in [0.2, 0.25) is 0 Å². The predicted octanol–water partition coefficient (Wildman–Crippen LogP) is 3.43. The van der Waals surface area contributed by atoms with Crippen molar-refractivity contribution in [3.63, 3.8) is 0 Å². The van der Waals surface area contributed by atoms with Gasteiger partial charge in [-0.3, -0.25) is 4.90 Å². The van der Waals surface area contributed by atoms with Crippen LogP contribution in [0.25, 0.3) is 16.6 Å². The van der Waals surface area contributed by atoms with Gasteiger partial charge in [-0.25, -0.2) is 9.50 Å². The molecule has 1 aliphatic rings. The van der Waals surface area contributed by atoms with Crippen molar-refractivity contribution in [3.8, 4) is 11.1 Å². The highest BCUT2D eigenvalue weighted by Gasteiger charge is 2.26. The van der Waals surface area contributed by atoms with Gasteiger partial charge in [-0.15, -0.1) is 16.4 Å². The van der Waals surface area contributed by atoms with Crippen LogP contribution >= 0.6 is 11.3 Å². The Labute approximate surface area is 161 Å². The Morgan fingerprint density at radius 2 is 2.04 bits per heavy atom. The van der Waals surface area contributed by atoms with Crippen molar-refractivity contribution < 1.29 is 4.74 Å². The molecule has 0 aliphatic carbocycles. The Kier molecular flexibility index (Phi) is 4.41. The molecule has 0 amide bonds. The van der Waals surface area contributed by atoms with Crippen molar-refractivity contribution in [2.24, 2.45) is 0 Å². The third-order valence-electron chi connectivity index (χ3n) is 4.85. The van der Waals surface area contributed by atoms with E-state index in [9.17, 15) is 0 Å². The summed E-state index contributed by atoms with van der Waals surface area (Å²) < 4.78 is 7.87. The van der Waals surface area contributed by atoms with Crippen LogP contribution in [0.1, 0.15) is 16.8 Å². The highest BCUT2D eigenvalue weighted by molar-refractivity contribution is 7.09. The molecule has 4 heterocycles. The van der Waals surface area contributed by atoms with E-state index in [0.717, 1.165) is 41.4 Å². The number of aromatic nitrogens is 4. The number of pyridine rings is 1. The molecule has 136 valence electrons. The second-order valence-corrected chi connectivity index (χ2v) is 7.59. The lowest BCUT2D eigenvalue weighted by molar-refractivity contribution is -0.0343. The molecule has 6 nitrogen and oxygen atoms in total. The van der Waals surface area contributed by atoms with Crippen LogP contribution in [0, 0.1) is 0 Å². The van der Waals surface area contributed by atoms with Gasteiger partial charge >= 0.3 is 0 Å². The zero-order chi connectivity index (χ0) is 18.1. The molecule has 1 unspecified atom stereocenters. The van der Waals surface area contributed by atoms with Crippen LogP contribution in [-0.4, -0.2) is 44.4 Å². The third-order valence-corrected chi connectivity index (χ3v) is 5.61. The number of thiazole rings is 1. The Morgan fingerprint density at radius 3 is 2.89 bits per heavy atom. The van der Waals surface area contributed by atoms with Crippen molar-refractivity contribution in [2.45, 2.75) is 12.6 Å². The summed E-state index contributed by atoms with van der Waals surface area (Å²) >= 11 is 1.69. The van der Waals surface area contributed by atoms with E-state index in [1.54, 1.807) is 11.3 Å². The van der Waals surface area contributed by atoms with Crippen LogP contribution in [0.3, 0.4) is 0 Å². The number of benzene rings is 1. The number of hydrogen-bond donors (Lipinski definition) is 0. The smallest absolute Gasteiger partial charge is 0.121 e. The largest absolute Gasteiger partial charge is 0.369 e. The summed E-state index contributed by atoms with van der Waals surface area (Å²) in [4.78, 5) is 6.76. The topological polar surface area (TPSA) is 55.5 Å². The molecule has 1 aromatic carbocycles. The number of morpholine rings is 1. The van der Waals surface area contributed by atoms with E-state index >= 15 is 0 Å². The van der Waals surface area contributed by atoms with Gasteiger partial charge in [0.05, 0.1) is 18.7 Å². The Balaban J connectivity index is 1.39. The minimum Gasteiger partial charge on any atom is -0.369 e. The van der Waals surface area contributed by atoms with Crippen molar-refractivity contribution >= 4 is 16.9 Å². The molecule has 1 atom stereocenters. The lowest BCUT2D eigenvalue weighted by atomic mass is 10.1. The van der Waals surface area contributed by atoms with Gasteiger partial charge in [0.15, 0.2) is 0 Å². The average Bonchev–Trinajstić information content (AvgIpc) is 3.38. The molecule has 0 bridgehead atoms. The summed E-state index contributed by atoms with van der Waals surface area (Å²) in [5.74, 6) is 0. The van der Waals surface area contributed by atoms with Gasteiger partial charge in [0, 0.05) is 36.4 Å². The van der Waals surface area contributed by atoms with E-state index in [1.807, 2.05) is 40.5 Å². The van der Waals surface area contributed by atoms with E-state index in [0.29, 0.717) is 6.61 Å². The summed E-state index contributed by atoms with van der Waals surface area (Å²) in [5, 5.41) is 11.9. The summed E-state index contributed by atoms with van der Waals surface area (Å²) in [6.07, 6.45) is 3.81. The summed E-state index contributed by atoms with van der Waals surface area (Å²) in [6, 6.07) is 14.5. The van der Waals surface area contributed by atoms with Gasteiger partial charge in [0.1, 0.15) is 16.8 Å². The predicted molar refractivity (Wildman–Crippen MR) is 105 cm³/mol. The van der Waals surface area contributed by atoms with Gasteiger partial charge in [-0.05, 0) is 11.6 Å². The van der Waals surface area contributed by atoms with Crippen LogP contribution < -0.4 is 0 Å². The lowest BCUT2D eigenvalue weighted by Gasteiger charge is -2.31. The number of hydrogen-bond acceptors (Lipinski definition) is 6. The van der Waals surface area contributed by atoms with E-state index < -0.39 is 0 Å². The maximum Gasteiger partial charge on any atom is 0.121 e. The average molecular weight is 377 g/mol. The molecule has 1 fully saturated rings. The third kappa shape index (κ3) is 3.37. The van der Waals surface area contributed by atoms with Gasteiger partial charge in [-0.2, -0.15) is 0 Å². The summed E-state index contributed by atoms with van der Waals surface area (Å²) in [5.41, 5.74) is 4.18. The minimum atomic E-state index is -0.0706. The quantitative estimate of drug-likeness (QED) is 0.545. The van der Waals surface area contributed by atoms with Gasteiger partial charge in [0.25, 0.3) is 0 Å². The SMILES string of the molecule is c1ccc(-c2ccc3c(C4CN(Cc5nccs5)CCO4)nnn3c2)cc1. The van der Waals surface area contributed by atoms with Crippen LogP contribution in [0.2, 0.25) is 0 Å². The zero-order valence-corrected chi connectivity index (χ0v) is 15.5. The zero-order valence-electron chi connectivity index (χ0n) is 14.7. The van der Waals surface area contributed by atoms with Crippen LogP contribution in [0.4, 0.5) is 0 Å². The van der Waals surface area contributed by atoms with Gasteiger partial charge in [-0.1, -0.05) is 41.6 Å². The first kappa shape index (κ1) is 16.6. The molecule has 4 aromatic rings. The maximum absolute atomic E-state index is 6.02. The molecule has 0 radical (unpaired) electrons. The van der Waals surface area contributed by atoms with Crippen LogP contribution in [0.5, 0.6) is 0 Å². The fourth-order valence-electron chi connectivity index (χ4n) is 3.48. The molecular weight excluding hydrogens is 358 g/mol. The molecule has 7 heteroatoms. The van der Waals surface area contributed by atoms with Crippen molar-refractivity contribution in [1.82, 2.24) is 24.7 Å². The second-order valence-electron chi connectivity index (χ2n) is 6.61. The standard InChI is InChI=1S/C20H19N5OS/c1-2-4-15(5-3-1)16-6-7-17-20(22-23-25(17)12-16)18-13-24(9-10-26-18)14-19-21-8-11-27-19/h1-8,11-12,18H,9-10,13-14H2. The molecule has 5 rings (SSSR count). The van der Waals surface area contributed by atoms with Crippen molar-refractivity contribution in [1.29, 1.82) is 0 Å². The van der Waals surface area contributed by atoms with E-state index in [-0.39, 0.29) is 6.10 Å². The molecule has 1 saturated heterocycles. The van der Waals surface area contributed by atoms with Crippen LogP contribution in [0.15, 0.2) is 60.2 Å². The Morgan fingerprint density at radius 1 is 1.11 bits per heavy atom. The fraction of sp³-hybridized carbons (Fsp3) is 0.250. The van der Waals surface area contributed by atoms with Crippen molar-refractivity contribution in [2.75, 3.05) is 19.7 Å². The number of rotatable bonds is 4. The summed E-state index contributed by atoms with van der Waals surface area (Å²) in [6.45, 7) is 3.26. The molecule has 0 N–H and O–H groups in total. The minimum absolute atomic E-state index is 0.0706. The number of fused-ring (bicyclic) bond motifs is 1. The van der Waals surface area contributed by atoms with Crippen molar-refractivity contribution in [3.05, 3.63) is 70.9 Å².